The van der Waals surface area contributed by atoms with Gasteiger partial charge >= 0.3 is 5.97 Å². The summed E-state index contributed by atoms with van der Waals surface area (Å²) in [5.41, 5.74) is 1.09. The van der Waals surface area contributed by atoms with Crippen LogP contribution in [0.25, 0.3) is 11.0 Å². The van der Waals surface area contributed by atoms with Crippen LogP contribution in [0.4, 0.5) is 4.39 Å². The average Bonchev–Trinajstić information content (AvgIpc) is 2.81. The molecule has 1 aromatic carbocycles. The first-order valence-electron chi connectivity index (χ1n) is 11.2. The Morgan fingerprint density at radius 2 is 2.00 bits per heavy atom. The van der Waals surface area contributed by atoms with Crippen LogP contribution in [-0.2, 0) is 34.8 Å². The molecule has 0 unspecified atom stereocenters. The zero-order valence-electron chi connectivity index (χ0n) is 19.5. The van der Waals surface area contributed by atoms with E-state index in [1.54, 1.807) is 19.1 Å². The molecule has 9 nitrogen and oxygen atoms in total. The number of aryl methyl sites for hydroxylation is 1. The molecule has 0 aliphatic carbocycles. The summed E-state index contributed by atoms with van der Waals surface area (Å²) in [5.74, 6) is -1.86. The maximum absolute atomic E-state index is 14.1. The number of aromatic hydroxyl groups is 1. The van der Waals surface area contributed by atoms with Gasteiger partial charge < -0.3 is 14.4 Å². The highest BCUT2D eigenvalue weighted by Crippen LogP contribution is 2.27. The summed E-state index contributed by atoms with van der Waals surface area (Å²) >= 11 is 0. The molecular weight excluding hydrogens is 477 g/mol. The minimum atomic E-state index is -3.39. The van der Waals surface area contributed by atoms with Crippen LogP contribution in [0.1, 0.15) is 46.8 Å². The van der Waals surface area contributed by atoms with E-state index in [4.69, 9.17) is 4.74 Å². The lowest BCUT2D eigenvalue weighted by Crippen LogP contribution is -2.37. The minimum absolute atomic E-state index is 0.0462. The fourth-order valence-corrected chi connectivity index (χ4v) is 5.83. The van der Waals surface area contributed by atoms with E-state index in [9.17, 15) is 27.5 Å². The molecule has 11 heteroatoms. The van der Waals surface area contributed by atoms with Gasteiger partial charge in [-0.05, 0) is 61.1 Å². The van der Waals surface area contributed by atoms with E-state index >= 15 is 0 Å². The Balaban J connectivity index is 1.71. The van der Waals surface area contributed by atoms with Crippen LogP contribution < -0.4 is 5.56 Å². The van der Waals surface area contributed by atoms with Crippen molar-refractivity contribution in [1.29, 1.82) is 0 Å². The van der Waals surface area contributed by atoms with Crippen LogP contribution in [0.2, 0.25) is 0 Å². The monoisotopic (exact) mass is 503 g/mol. The number of esters is 1. The Kier molecular flexibility index (Phi) is 6.91. The molecule has 3 heterocycles. The first-order valence-corrected chi connectivity index (χ1v) is 12.9. The van der Waals surface area contributed by atoms with Gasteiger partial charge in [0.15, 0.2) is 11.3 Å². The fourth-order valence-electron chi connectivity index (χ4n) is 4.26. The second kappa shape index (κ2) is 9.74. The van der Waals surface area contributed by atoms with Gasteiger partial charge in [-0.2, -0.15) is 4.31 Å². The third kappa shape index (κ3) is 4.92. The van der Waals surface area contributed by atoms with Gasteiger partial charge in [0.05, 0.1) is 17.9 Å². The van der Waals surface area contributed by atoms with E-state index in [0.29, 0.717) is 41.6 Å². The molecule has 0 saturated carbocycles. The van der Waals surface area contributed by atoms with Crippen molar-refractivity contribution < 1.29 is 27.4 Å². The molecule has 0 spiro atoms. The molecule has 35 heavy (non-hydrogen) atoms. The molecule has 0 bridgehead atoms. The number of rotatable bonds is 6. The number of ether oxygens (including phenoxy) is 1. The van der Waals surface area contributed by atoms with Crippen LogP contribution in [0.5, 0.6) is 5.75 Å². The molecule has 186 valence electrons. The Labute approximate surface area is 201 Å². The van der Waals surface area contributed by atoms with Crippen molar-refractivity contribution in [2.24, 2.45) is 7.05 Å². The van der Waals surface area contributed by atoms with Gasteiger partial charge in [0.2, 0.25) is 10.0 Å². The van der Waals surface area contributed by atoms with Gasteiger partial charge in [-0.3, -0.25) is 9.78 Å². The molecule has 0 atom stereocenters. The number of aromatic nitrogens is 2. The second-order valence-electron chi connectivity index (χ2n) is 8.47. The number of fused-ring (bicyclic) bond motifs is 1. The number of hydrogen-bond donors (Lipinski definition) is 1. The maximum Gasteiger partial charge on any atom is 0.347 e. The highest BCUT2D eigenvalue weighted by Gasteiger charge is 2.27. The van der Waals surface area contributed by atoms with E-state index in [2.05, 4.69) is 4.98 Å². The number of carbonyl (C=O) groups excluding carboxylic acids is 1. The van der Waals surface area contributed by atoms with Crippen LogP contribution in [0.15, 0.2) is 35.3 Å². The summed E-state index contributed by atoms with van der Waals surface area (Å²) in [5, 5.41) is 10.6. The Morgan fingerprint density at radius 3 is 2.71 bits per heavy atom. The number of benzene rings is 1. The highest BCUT2D eigenvalue weighted by molar-refractivity contribution is 7.89. The number of sulfonamides is 1. The lowest BCUT2D eigenvalue weighted by molar-refractivity contribution is 0.0520. The van der Waals surface area contributed by atoms with Gasteiger partial charge in [0.25, 0.3) is 5.56 Å². The zero-order chi connectivity index (χ0) is 25.3. The fraction of sp³-hybridized carbons (Fsp3) is 0.375. The van der Waals surface area contributed by atoms with Crippen molar-refractivity contribution >= 4 is 27.0 Å². The molecule has 1 aliphatic rings. The van der Waals surface area contributed by atoms with Crippen LogP contribution in [0, 0.1) is 5.82 Å². The average molecular weight is 504 g/mol. The van der Waals surface area contributed by atoms with Crippen LogP contribution in [-0.4, -0.2) is 52.3 Å². The standard InChI is InChI=1S/C24H26FN3O6S/c1-3-34-24(31)20-22(29)21-19(27(2)23(20)30)11-15(13-26-21)10-16-6-7-18(25)12-17(16)14-28-8-4-5-9-35(28,32)33/h6-7,11-13,29H,3-5,8-10,14H2,1-2H3. The zero-order valence-corrected chi connectivity index (χ0v) is 20.3. The van der Waals surface area contributed by atoms with Gasteiger partial charge in [0.1, 0.15) is 11.3 Å². The summed E-state index contributed by atoms with van der Waals surface area (Å²) in [6.07, 6.45) is 3.15. The van der Waals surface area contributed by atoms with Crippen molar-refractivity contribution in [3.05, 3.63) is 68.9 Å². The van der Waals surface area contributed by atoms with Gasteiger partial charge in [-0.25, -0.2) is 17.6 Å². The van der Waals surface area contributed by atoms with E-state index in [1.807, 2.05) is 0 Å². The van der Waals surface area contributed by atoms with Crippen molar-refractivity contribution in [3.63, 3.8) is 0 Å². The molecule has 1 fully saturated rings. The summed E-state index contributed by atoms with van der Waals surface area (Å²) < 4.78 is 46.4. The number of hydrogen-bond acceptors (Lipinski definition) is 7. The molecule has 3 aromatic rings. The molecule has 1 aliphatic heterocycles. The topological polar surface area (TPSA) is 119 Å². The predicted octanol–water partition coefficient (Wildman–Crippen LogP) is 2.47. The van der Waals surface area contributed by atoms with Gasteiger partial charge in [-0.15, -0.1) is 0 Å². The summed E-state index contributed by atoms with van der Waals surface area (Å²) in [7, 11) is -1.93. The first kappa shape index (κ1) is 24.8. The molecule has 2 aromatic heterocycles. The highest BCUT2D eigenvalue weighted by atomic mass is 32.2. The molecule has 1 saturated heterocycles. The number of pyridine rings is 2. The number of nitrogens with zero attached hydrogens (tertiary/aromatic N) is 3. The van der Waals surface area contributed by atoms with Crippen molar-refractivity contribution in [2.45, 2.75) is 32.7 Å². The maximum atomic E-state index is 14.1. The van der Waals surface area contributed by atoms with E-state index in [0.717, 1.165) is 6.42 Å². The van der Waals surface area contributed by atoms with E-state index in [1.165, 1.54) is 34.2 Å². The van der Waals surface area contributed by atoms with E-state index in [-0.39, 0.29) is 24.4 Å². The lowest BCUT2D eigenvalue weighted by atomic mass is 9.99. The minimum Gasteiger partial charge on any atom is -0.505 e. The molecule has 0 radical (unpaired) electrons. The Bertz CT molecular complexity index is 1470. The SMILES string of the molecule is CCOC(=O)c1c(O)c2ncc(Cc3ccc(F)cc3CN3CCCCS3(=O)=O)cc2n(C)c1=O. The largest absolute Gasteiger partial charge is 0.505 e. The third-order valence-electron chi connectivity index (χ3n) is 6.11. The predicted molar refractivity (Wildman–Crippen MR) is 127 cm³/mol. The molecular formula is C24H26FN3O6S. The second-order valence-corrected chi connectivity index (χ2v) is 10.6. The quantitative estimate of drug-likeness (QED) is 0.513. The smallest absolute Gasteiger partial charge is 0.347 e. The number of carbonyl (C=O) groups is 1. The lowest BCUT2D eigenvalue weighted by Gasteiger charge is -2.27. The number of halogens is 1. The first-order chi connectivity index (χ1) is 16.6. The van der Waals surface area contributed by atoms with Gasteiger partial charge in [0, 0.05) is 26.3 Å². The van der Waals surface area contributed by atoms with Crippen LogP contribution in [0.3, 0.4) is 0 Å². The molecule has 0 amide bonds. The Hall–Kier alpha value is -3.31. The normalized spacial score (nSPS) is 15.9. The van der Waals surface area contributed by atoms with Crippen molar-refractivity contribution in [3.8, 4) is 5.75 Å². The molecule has 4 rings (SSSR count). The Morgan fingerprint density at radius 1 is 1.23 bits per heavy atom. The summed E-state index contributed by atoms with van der Waals surface area (Å²) in [6, 6.07) is 5.90. The summed E-state index contributed by atoms with van der Waals surface area (Å²) in [6.45, 7) is 2.10. The third-order valence-corrected chi connectivity index (χ3v) is 8.01. The van der Waals surface area contributed by atoms with Crippen molar-refractivity contribution in [2.75, 3.05) is 18.9 Å². The molecule has 1 N–H and O–H groups in total. The van der Waals surface area contributed by atoms with Crippen LogP contribution >= 0.6 is 0 Å². The van der Waals surface area contributed by atoms with E-state index < -0.39 is 38.7 Å². The van der Waals surface area contributed by atoms with Gasteiger partial charge in [-0.1, -0.05) is 6.07 Å². The van der Waals surface area contributed by atoms with Crippen molar-refractivity contribution in [1.82, 2.24) is 13.9 Å². The summed E-state index contributed by atoms with van der Waals surface area (Å²) in [4.78, 5) is 29.2.